The van der Waals surface area contributed by atoms with E-state index in [2.05, 4.69) is 4.98 Å². The summed E-state index contributed by atoms with van der Waals surface area (Å²) in [5, 5.41) is 11.3. The molecule has 1 aliphatic carbocycles. The minimum Gasteiger partial charge on any atom is -0.506 e. The molecule has 0 saturated heterocycles. The van der Waals surface area contributed by atoms with E-state index in [-0.39, 0.29) is 5.75 Å². The summed E-state index contributed by atoms with van der Waals surface area (Å²) in [5.41, 5.74) is 1.69. The van der Waals surface area contributed by atoms with Crippen LogP contribution in [0.2, 0.25) is 5.02 Å². The number of rotatable bonds is 1. The molecule has 0 atom stereocenters. The lowest BCUT2D eigenvalue weighted by molar-refractivity contribution is 0.465. The largest absolute Gasteiger partial charge is 0.506 e. The number of aromatic nitrogens is 1. The molecule has 76 valence electrons. The first-order valence-corrected chi connectivity index (χ1v) is 5.41. The maximum absolute atomic E-state index is 9.82. The lowest BCUT2D eigenvalue weighted by atomic mass is 10.1. The summed E-state index contributed by atoms with van der Waals surface area (Å²) >= 11 is 6.03. The van der Waals surface area contributed by atoms with E-state index in [0.717, 1.165) is 29.4 Å². The van der Waals surface area contributed by atoms with Gasteiger partial charge in [-0.2, -0.15) is 0 Å². The van der Waals surface area contributed by atoms with Crippen molar-refractivity contribution in [3.8, 4) is 5.75 Å². The molecule has 1 aromatic carbocycles. The third-order valence-electron chi connectivity index (χ3n) is 2.78. The SMILES string of the molecule is Oc1cc2c(Cl)cccc2nc1C1CC1. The van der Waals surface area contributed by atoms with Gasteiger partial charge in [0, 0.05) is 11.3 Å². The molecular formula is C12H10ClNO. The van der Waals surface area contributed by atoms with Gasteiger partial charge in [-0.3, -0.25) is 0 Å². The van der Waals surface area contributed by atoms with Crippen LogP contribution >= 0.6 is 11.6 Å². The van der Waals surface area contributed by atoms with Crippen LogP contribution in [0.1, 0.15) is 24.5 Å². The Labute approximate surface area is 92.5 Å². The van der Waals surface area contributed by atoms with Gasteiger partial charge in [0.15, 0.2) is 0 Å². The fourth-order valence-corrected chi connectivity index (χ4v) is 2.05. The van der Waals surface area contributed by atoms with Gasteiger partial charge in [0.1, 0.15) is 5.75 Å². The highest BCUT2D eigenvalue weighted by molar-refractivity contribution is 6.35. The molecule has 0 radical (unpaired) electrons. The van der Waals surface area contributed by atoms with Crippen LogP contribution in [-0.2, 0) is 0 Å². The standard InChI is InChI=1S/C12H10ClNO/c13-9-2-1-3-10-8(9)6-11(15)12(14-10)7-4-5-7/h1-3,6-7,15H,4-5H2. The second-order valence-corrected chi connectivity index (χ2v) is 4.38. The fourth-order valence-electron chi connectivity index (χ4n) is 1.82. The summed E-state index contributed by atoms with van der Waals surface area (Å²) in [6.07, 6.45) is 2.26. The van der Waals surface area contributed by atoms with Gasteiger partial charge in [0.05, 0.1) is 16.2 Å². The number of hydrogen-bond donors (Lipinski definition) is 1. The zero-order chi connectivity index (χ0) is 10.4. The first kappa shape index (κ1) is 8.98. The van der Waals surface area contributed by atoms with E-state index in [0.29, 0.717) is 10.9 Å². The summed E-state index contributed by atoms with van der Waals surface area (Å²) in [6.45, 7) is 0. The highest BCUT2D eigenvalue weighted by Crippen LogP contribution is 2.44. The number of aromatic hydroxyl groups is 1. The molecule has 0 aliphatic heterocycles. The topological polar surface area (TPSA) is 33.1 Å². The maximum atomic E-state index is 9.82. The average Bonchev–Trinajstić information content (AvgIpc) is 3.02. The van der Waals surface area contributed by atoms with Gasteiger partial charge >= 0.3 is 0 Å². The zero-order valence-electron chi connectivity index (χ0n) is 8.07. The Kier molecular flexibility index (Phi) is 1.86. The van der Waals surface area contributed by atoms with Gasteiger partial charge < -0.3 is 5.11 Å². The Morgan fingerprint density at radius 3 is 2.87 bits per heavy atom. The summed E-state index contributed by atoms with van der Waals surface area (Å²) in [5.74, 6) is 0.728. The summed E-state index contributed by atoms with van der Waals surface area (Å²) in [4.78, 5) is 4.46. The number of benzene rings is 1. The van der Waals surface area contributed by atoms with Gasteiger partial charge in [-0.15, -0.1) is 0 Å². The van der Waals surface area contributed by atoms with Crippen LogP contribution in [0, 0.1) is 0 Å². The minimum absolute atomic E-state index is 0.276. The molecule has 0 amide bonds. The zero-order valence-corrected chi connectivity index (χ0v) is 8.83. The molecule has 2 aromatic rings. The number of halogens is 1. The summed E-state index contributed by atoms with van der Waals surface area (Å²) in [7, 11) is 0. The molecule has 1 saturated carbocycles. The molecule has 0 spiro atoms. The number of hydrogen-bond acceptors (Lipinski definition) is 2. The normalized spacial score (nSPS) is 15.8. The van der Waals surface area contributed by atoms with Crippen molar-refractivity contribution in [3.63, 3.8) is 0 Å². The number of pyridine rings is 1. The van der Waals surface area contributed by atoms with Crippen LogP contribution in [0.4, 0.5) is 0 Å². The van der Waals surface area contributed by atoms with Crippen LogP contribution in [0.15, 0.2) is 24.3 Å². The van der Waals surface area contributed by atoms with E-state index < -0.39 is 0 Å². The molecule has 0 bridgehead atoms. The van der Waals surface area contributed by atoms with Crippen LogP contribution in [0.5, 0.6) is 5.75 Å². The van der Waals surface area contributed by atoms with E-state index in [1.807, 2.05) is 18.2 Å². The van der Waals surface area contributed by atoms with Crippen molar-refractivity contribution in [2.45, 2.75) is 18.8 Å². The first-order valence-electron chi connectivity index (χ1n) is 5.04. The predicted molar refractivity (Wildman–Crippen MR) is 60.4 cm³/mol. The van der Waals surface area contributed by atoms with Gasteiger partial charge in [-0.25, -0.2) is 4.98 Å². The molecule has 15 heavy (non-hydrogen) atoms. The van der Waals surface area contributed by atoms with Crippen LogP contribution < -0.4 is 0 Å². The smallest absolute Gasteiger partial charge is 0.138 e. The Morgan fingerprint density at radius 2 is 2.13 bits per heavy atom. The van der Waals surface area contributed by atoms with E-state index in [1.54, 1.807) is 6.07 Å². The molecule has 1 N–H and O–H groups in total. The van der Waals surface area contributed by atoms with Gasteiger partial charge in [-0.1, -0.05) is 17.7 Å². The first-order chi connectivity index (χ1) is 7.25. The molecule has 0 unspecified atom stereocenters. The molecule has 1 aromatic heterocycles. The second-order valence-electron chi connectivity index (χ2n) is 3.97. The lowest BCUT2D eigenvalue weighted by Crippen LogP contribution is -1.89. The molecule has 1 fully saturated rings. The van der Waals surface area contributed by atoms with E-state index in [4.69, 9.17) is 11.6 Å². The van der Waals surface area contributed by atoms with E-state index >= 15 is 0 Å². The maximum Gasteiger partial charge on any atom is 0.138 e. The third-order valence-corrected chi connectivity index (χ3v) is 3.11. The van der Waals surface area contributed by atoms with Crippen molar-refractivity contribution in [3.05, 3.63) is 35.0 Å². The van der Waals surface area contributed by atoms with E-state index in [9.17, 15) is 5.11 Å². The Bertz CT molecular complexity index is 534. The Balaban J connectivity index is 2.29. The Hall–Kier alpha value is -1.28. The summed E-state index contributed by atoms with van der Waals surface area (Å²) in [6, 6.07) is 7.33. The lowest BCUT2D eigenvalue weighted by Gasteiger charge is -2.05. The van der Waals surface area contributed by atoms with E-state index in [1.165, 1.54) is 0 Å². The van der Waals surface area contributed by atoms with Crippen molar-refractivity contribution in [2.24, 2.45) is 0 Å². The van der Waals surface area contributed by atoms with Crippen molar-refractivity contribution >= 4 is 22.5 Å². The average molecular weight is 220 g/mol. The van der Waals surface area contributed by atoms with Crippen LogP contribution in [-0.4, -0.2) is 10.1 Å². The monoisotopic (exact) mass is 219 g/mol. The Morgan fingerprint density at radius 1 is 1.33 bits per heavy atom. The molecule has 3 rings (SSSR count). The molecule has 3 heteroatoms. The molecular weight excluding hydrogens is 210 g/mol. The number of fused-ring (bicyclic) bond motifs is 1. The number of nitrogens with zero attached hydrogens (tertiary/aromatic N) is 1. The molecule has 1 heterocycles. The predicted octanol–water partition coefficient (Wildman–Crippen LogP) is 3.47. The highest BCUT2D eigenvalue weighted by atomic mass is 35.5. The fraction of sp³-hybridized carbons (Fsp3) is 0.250. The molecule has 2 nitrogen and oxygen atoms in total. The molecule has 1 aliphatic rings. The van der Waals surface area contributed by atoms with Crippen molar-refractivity contribution in [1.29, 1.82) is 0 Å². The highest BCUT2D eigenvalue weighted by Gasteiger charge is 2.28. The quantitative estimate of drug-likeness (QED) is 0.797. The van der Waals surface area contributed by atoms with Crippen LogP contribution in [0.3, 0.4) is 0 Å². The minimum atomic E-state index is 0.276. The third kappa shape index (κ3) is 1.45. The van der Waals surface area contributed by atoms with Gasteiger partial charge in [0.25, 0.3) is 0 Å². The van der Waals surface area contributed by atoms with Crippen molar-refractivity contribution < 1.29 is 5.11 Å². The van der Waals surface area contributed by atoms with Crippen LogP contribution in [0.25, 0.3) is 10.9 Å². The second kappa shape index (κ2) is 3.11. The van der Waals surface area contributed by atoms with Crippen molar-refractivity contribution in [2.75, 3.05) is 0 Å². The van der Waals surface area contributed by atoms with Gasteiger partial charge in [0.2, 0.25) is 0 Å². The van der Waals surface area contributed by atoms with Gasteiger partial charge in [-0.05, 0) is 31.0 Å². The van der Waals surface area contributed by atoms with Crippen molar-refractivity contribution in [1.82, 2.24) is 4.98 Å². The summed E-state index contributed by atoms with van der Waals surface area (Å²) < 4.78 is 0.